The Morgan fingerprint density at radius 3 is 2.42 bits per heavy atom. The summed E-state index contributed by atoms with van der Waals surface area (Å²) in [6.07, 6.45) is 0.627. The number of benzene rings is 1. The summed E-state index contributed by atoms with van der Waals surface area (Å²) in [5.74, 6) is -0.345. The largest absolute Gasteiger partial charge is 0.399 e. The van der Waals surface area contributed by atoms with Crippen molar-refractivity contribution in [1.82, 2.24) is 19.9 Å². The number of nitrogens with two attached hydrogens (primary N) is 1. The molecule has 4 N–H and O–H groups in total. The van der Waals surface area contributed by atoms with Crippen LogP contribution in [0.25, 0.3) is 11.0 Å². The number of rotatable bonds is 6. The van der Waals surface area contributed by atoms with Gasteiger partial charge < -0.3 is 11.1 Å². The van der Waals surface area contributed by atoms with Gasteiger partial charge in [0.05, 0.1) is 10.9 Å². The molecule has 31 heavy (non-hydrogen) atoms. The van der Waals surface area contributed by atoms with Crippen molar-refractivity contribution in [3.63, 3.8) is 0 Å². The standard InChI is InChI=1S/C21H25N5O3.2ClH/c1-4-26-18-17(20(28)25-21(26)29)15(11-16(24-18)12(2)3)19(27)23-10-9-13-5-7-14(22)8-6-13;;/h5-8,11-12H,4,9-10,22H2,1-3H3,(H,23,27)(H,25,28,29);2*1H. The molecule has 0 saturated heterocycles. The second kappa shape index (κ2) is 11.0. The van der Waals surface area contributed by atoms with Crippen LogP contribution in [0, 0.1) is 0 Å². The number of fused-ring (bicyclic) bond motifs is 1. The summed E-state index contributed by atoms with van der Waals surface area (Å²) in [4.78, 5) is 44.4. The van der Waals surface area contributed by atoms with Gasteiger partial charge in [-0.2, -0.15) is 0 Å². The number of hydrogen-bond donors (Lipinski definition) is 3. The number of carbonyl (C=O) groups excluding carboxylic acids is 1. The third-order valence-corrected chi connectivity index (χ3v) is 4.80. The number of aromatic nitrogens is 3. The number of nitrogen functional groups attached to an aromatic ring is 1. The Bertz CT molecular complexity index is 1170. The third-order valence-electron chi connectivity index (χ3n) is 4.80. The SMILES string of the molecule is CCn1c(=O)[nH]c(=O)c2c(C(=O)NCCc3ccc(N)cc3)cc(C(C)C)nc21.Cl.Cl. The molecule has 168 valence electrons. The second-order valence-electron chi connectivity index (χ2n) is 7.20. The van der Waals surface area contributed by atoms with Crippen LogP contribution in [-0.4, -0.2) is 27.0 Å². The minimum Gasteiger partial charge on any atom is -0.399 e. The zero-order valence-electron chi connectivity index (χ0n) is 17.6. The number of pyridine rings is 1. The number of nitrogens with one attached hydrogen (secondary N) is 2. The van der Waals surface area contributed by atoms with E-state index < -0.39 is 11.2 Å². The number of anilines is 1. The molecule has 0 saturated carbocycles. The van der Waals surface area contributed by atoms with Gasteiger partial charge in [-0.15, -0.1) is 24.8 Å². The highest BCUT2D eigenvalue weighted by Gasteiger charge is 2.19. The van der Waals surface area contributed by atoms with Gasteiger partial charge in [-0.25, -0.2) is 9.78 Å². The van der Waals surface area contributed by atoms with E-state index in [0.29, 0.717) is 30.9 Å². The van der Waals surface area contributed by atoms with Crippen molar-refractivity contribution < 1.29 is 4.79 Å². The maximum absolute atomic E-state index is 12.9. The maximum Gasteiger partial charge on any atom is 0.329 e. The molecule has 2 aromatic heterocycles. The lowest BCUT2D eigenvalue weighted by Crippen LogP contribution is -2.33. The van der Waals surface area contributed by atoms with Crippen molar-refractivity contribution in [2.45, 2.75) is 39.7 Å². The van der Waals surface area contributed by atoms with E-state index in [2.05, 4.69) is 15.3 Å². The van der Waals surface area contributed by atoms with Crippen LogP contribution < -0.4 is 22.3 Å². The smallest absolute Gasteiger partial charge is 0.329 e. The topological polar surface area (TPSA) is 123 Å². The molecule has 3 aromatic rings. The molecule has 0 aliphatic carbocycles. The van der Waals surface area contributed by atoms with Crippen molar-refractivity contribution in [2.24, 2.45) is 0 Å². The maximum atomic E-state index is 12.9. The first kappa shape index (κ1) is 26.2. The van der Waals surface area contributed by atoms with Gasteiger partial charge in [-0.05, 0) is 43.0 Å². The Labute approximate surface area is 192 Å². The molecular weight excluding hydrogens is 441 g/mol. The average molecular weight is 468 g/mol. The normalized spacial score (nSPS) is 10.5. The predicted octanol–water partition coefficient (Wildman–Crippen LogP) is 2.63. The first-order valence-corrected chi connectivity index (χ1v) is 9.62. The first-order valence-electron chi connectivity index (χ1n) is 9.62. The fraction of sp³-hybridized carbons (Fsp3) is 0.333. The van der Waals surface area contributed by atoms with Crippen molar-refractivity contribution in [3.05, 3.63) is 68.0 Å². The lowest BCUT2D eigenvalue weighted by atomic mass is 10.0. The molecule has 0 spiro atoms. The van der Waals surface area contributed by atoms with Gasteiger partial charge in [0.15, 0.2) is 5.65 Å². The van der Waals surface area contributed by atoms with Crippen LogP contribution in [0.5, 0.6) is 0 Å². The highest BCUT2D eigenvalue weighted by atomic mass is 35.5. The van der Waals surface area contributed by atoms with E-state index in [-0.39, 0.29) is 53.2 Å². The fourth-order valence-electron chi connectivity index (χ4n) is 3.16. The van der Waals surface area contributed by atoms with Gasteiger partial charge in [-0.3, -0.25) is 19.1 Å². The number of nitrogens with zero attached hydrogens (tertiary/aromatic N) is 2. The highest BCUT2D eigenvalue weighted by Crippen LogP contribution is 2.19. The summed E-state index contributed by atoms with van der Waals surface area (Å²) < 4.78 is 1.37. The number of aromatic amines is 1. The molecule has 10 heteroatoms. The van der Waals surface area contributed by atoms with Crippen LogP contribution in [0.4, 0.5) is 5.69 Å². The van der Waals surface area contributed by atoms with Crippen molar-refractivity contribution in [3.8, 4) is 0 Å². The van der Waals surface area contributed by atoms with Crippen LogP contribution >= 0.6 is 24.8 Å². The van der Waals surface area contributed by atoms with Gasteiger partial charge >= 0.3 is 5.69 Å². The van der Waals surface area contributed by atoms with Gasteiger partial charge in [0, 0.05) is 24.5 Å². The predicted molar refractivity (Wildman–Crippen MR) is 128 cm³/mol. The molecule has 3 rings (SSSR count). The summed E-state index contributed by atoms with van der Waals surface area (Å²) in [5, 5.41) is 2.99. The molecule has 0 fully saturated rings. The van der Waals surface area contributed by atoms with Gasteiger partial charge in [0.25, 0.3) is 11.5 Å². The highest BCUT2D eigenvalue weighted by molar-refractivity contribution is 6.05. The average Bonchev–Trinajstić information content (AvgIpc) is 2.68. The minimum atomic E-state index is -0.610. The van der Waals surface area contributed by atoms with Crippen molar-refractivity contribution >= 4 is 47.4 Å². The van der Waals surface area contributed by atoms with Gasteiger partial charge in [0.2, 0.25) is 0 Å². The molecule has 0 aliphatic heterocycles. The summed E-state index contributed by atoms with van der Waals surface area (Å²) in [5.41, 5.74) is 7.37. The van der Waals surface area contributed by atoms with E-state index in [1.807, 2.05) is 38.1 Å². The van der Waals surface area contributed by atoms with E-state index in [9.17, 15) is 14.4 Å². The number of hydrogen-bond acceptors (Lipinski definition) is 5. The zero-order valence-corrected chi connectivity index (χ0v) is 19.2. The molecule has 1 aromatic carbocycles. The summed E-state index contributed by atoms with van der Waals surface area (Å²) in [6, 6.07) is 9.07. The summed E-state index contributed by atoms with van der Waals surface area (Å²) in [6.45, 7) is 6.40. The molecular formula is C21H27Cl2N5O3. The lowest BCUT2D eigenvalue weighted by molar-refractivity contribution is 0.0955. The van der Waals surface area contributed by atoms with E-state index in [1.165, 1.54) is 4.57 Å². The quantitative estimate of drug-likeness (QED) is 0.480. The summed E-state index contributed by atoms with van der Waals surface area (Å²) in [7, 11) is 0. The Balaban J connectivity index is 0.00000240. The van der Waals surface area contributed by atoms with Gasteiger partial charge in [0.1, 0.15) is 0 Å². The molecule has 0 aliphatic rings. The molecule has 0 radical (unpaired) electrons. The first-order chi connectivity index (χ1) is 13.8. The van der Waals surface area contributed by atoms with Crippen molar-refractivity contribution in [2.75, 3.05) is 12.3 Å². The van der Waals surface area contributed by atoms with E-state index in [4.69, 9.17) is 5.73 Å². The van der Waals surface area contributed by atoms with Crippen LogP contribution in [0.3, 0.4) is 0 Å². The van der Waals surface area contributed by atoms with Crippen LogP contribution in [-0.2, 0) is 13.0 Å². The monoisotopic (exact) mass is 467 g/mol. The Hall–Kier alpha value is -2.84. The van der Waals surface area contributed by atoms with E-state index in [1.54, 1.807) is 13.0 Å². The molecule has 0 unspecified atom stereocenters. The molecule has 2 heterocycles. The number of halogens is 2. The fourth-order valence-corrected chi connectivity index (χ4v) is 3.16. The van der Waals surface area contributed by atoms with Crippen LogP contribution in [0.15, 0.2) is 39.9 Å². The Morgan fingerprint density at radius 2 is 1.84 bits per heavy atom. The third kappa shape index (κ3) is 5.65. The molecule has 0 bridgehead atoms. The Kier molecular flexibility index (Phi) is 9.27. The lowest BCUT2D eigenvalue weighted by Gasteiger charge is -2.14. The zero-order chi connectivity index (χ0) is 21.1. The molecule has 8 nitrogen and oxygen atoms in total. The number of H-pyrrole nitrogens is 1. The number of aryl methyl sites for hydroxylation is 1. The second-order valence-corrected chi connectivity index (χ2v) is 7.20. The minimum absolute atomic E-state index is 0. The molecule has 1 amide bonds. The Morgan fingerprint density at radius 1 is 1.19 bits per heavy atom. The van der Waals surface area contributed by atoms with Crippen molar-refractivity contribution in [1.29, 1.82) is 0 Å². The summed E-state index contributed by atoms with van der Waals surface area (Å²) >= 11 is 0. The van der Waals surface area contributed by atoms with Crippen LogP contribution in [0.1, 0.15) is 48.3 Å². The van der Waals surface area contributed by atoms with E-state index in [0.717, 1.165) is 5.56 Å². The van der Waals surface area contributed by atoms with E-state index >= 15 is 0 Å². The van der Waals surface area contributed by atoms with Gasteiger partial charge in [-0.1, -0.05) is 26.0 Å². The van der Waals surface area contributed by atoms with Crippen LogP contribution in [0.2, 0.25) is 0 Å². The number of carbonyl (C=O) groups is 1. The molecule has 0 atom stereocenters. The number of amides is 1.